The number of hydrogen-bond donors (Lipinski definition) is 1. The smallest absolute Gasteiger partial charge is 0.258 e. The van der Waals surface area contributed by atoms with Crippen molar-refractivity contribution in [1.82, 2.24) is 25.1 Å². The van der Waals surface area contributed by atoms with Crippen LogP contribution >= 0.6 is 0 Å². The number of ether oxygens (including phenoxy) is 2. The van der Waals surface area contributed by atoms with Crippen molar-refractivity contribution in [2.75, 3.05) is 19.8 Å². The Balaban J connectivity index is 1.28. The van der Waals surface area contributed by atoms with Gasteiger partial charge in [0, 0.05) is 11.6 Å². The van der Waals surface area contributed by atoms with E-state index in [1.165, 1.54) is 0 Å². The Morgan fingerprint density at radius 2 is 1.74 bits per heavy atom. The molecule has 31 heavy (non-hydrogen) atoms. The fourth-order valence-corrected chi connectivity index (χ4v) is 3.18. The Labute approximate surface area is 179 Å². The summed E-state index contributed by atoms with van der Waals surface area (Å²) in [5.74, 6) is 1.53. The van der Waals surface area contributed by atoms with Crippen molar-refractivity contribution in [3.63, 3.8) is 0 Å². The number of fused-ring (bicyclic) bond motifs is 1. The number of aryl methyl sites for hydroxylation is 2. The van der Waals surface area contributed by atoms with Crippen molar-refractivity contribution in [3.8, 4) is 23.0 Å². The average Bonchev–Trinajstić information content (AvgIpc) is 3.18. The number of nitrogens with one attached hydrogen (secondary N) is 1. The van der Waals surface area contributed by atoms with Gasteiger partial charge in [-0.2, -0.15) is 4.52 Å². The van der Waals surface area contributed by atoms with Crippen LogP contribution in [-0.4, -0.2) is 45.5 Å². The Morgan fingerprint density at radius 3 is 2.52 bits per heavy atom. The van der Waals surface area contributed by atoms with Gasteiger partial charge in [-0.15, -0.1) is 15.3 Å². The zero-order valence-corrected chi connectivity index (χ0v) is 17.4. The number of amides is 1. The first kappa shape index (κ1) is 20.3. The normalized spacial score (nSPS) is 10.8. The van der Waals surface area contributed by atoms with E-state index in [4.69, 9.17) is 9.47 Å². The molecule has 0 atom stereocenters. The van der Waals surface area contributed by atoms with E-state index < -0.39 is 0 Å². The van der Waals surface area contributed by atoms with Gasteiger partial charge in [-0.25, -0.2) is 0 Å². The second-order valence-electron chi connectivity index (χ2n) is 7.14. The van der Waals surface area contributed by atoms with Crippen LogP contribution in [0.1, 0.15) is 11.1 Å². The molecule has 4 aromatic rings. The zero-order valence-electron chi connectivity index (χ0n) is 17.4. The summed E-state index contributed by atoms with van der Waals surface area (Å²) in [6.07, 6.45) is 0. The molecular weight excluding hydrogens is 394 g/mol. The Morgan fingerprint density at radius 1 is 0.968 bits per heavy atom. The maximum absolute atomic E-state index is 12.0. The van der Waals surface area contributed by atoms with Crippen LogP contribution in [0.5, 0.6) is 11.6 Å². The summed E-state index contributed by atoms with van der Waals surface area (Å²) < 4.78 is 12.9. The van der Waals surface area contributed by atoms with E-state index in [2.05, 4.69) is 26.7 Å². The van der Waals surface area contributed by atoms with E-state index in [1.807, 2.05) is 56.3 Å². The molecule has 0 aliphatic heterocycles. The number of aromatic nitrogens is 4. The van der Waals surface area contributed by atoms with Gasteiger partial charge in [-0.05, 0) is 43.2 Å². The van der Waals surface area contributed by atoms with Crippen LogP contribution in [0.15, 0.2) is 60.7 Å². The van der Waals surface area contributed by atoms with Gasteiger partial charge in [0.05, 0.1) is 6.54 Å². The Hall–Kier alpha value is -3.94. The highest BCUT2D eigenvalue weighted by Crippen LogP contribution is 2.18. The highest BCUT2D eigenvalue weighted by atomic mass is 16.5. The van der Waals surface area contributed by atoms with E-state index >= 15 is 0 Å². The lowest BCUT2D eigenvalue weighted by molar-refractivity contribution is -0.123. The molecule has 158 valence electrons. The number of benzene rings is 2. The van der Waals surface area contributed by atoms with Crippen LogP contribution in [0.25, 0.3) is 17.0 Å². The number of rotatable bonds is 8. The highest BCUT2D eigenvalue weighted by Gasteiger charge is 2.10. The Kier molecular flexibility index (Phi) is 6.07. The van der Waals surface area contributed by atoms with Crippen molar-refractivity contribution in [3.05, 3.63) is 71.8 Å². The fraction of sp³-hybridized carbons (Fsp3) is 0.217. The summed E-state index contributed by atoms with van der Waals surface area (Å²) in [4.78, 5) is 12.0. The molecule has 0 saturated heterocycles. The molecule has 0 aliphatic carbocycles. The zero-order chi connectivity index (χ0) is 21.6. The van der Waals surface area contributed by atoms with Crippen LogP contribution in [0, 0.1) is 13.8 Å². The minimum Gasteiger partial charge on any atom is -0.484 e. The van der Waals surface area contributed by atoms with Crippen LogP contribution < -0.4 is 14.8 Å². The molecule has 8 heteroatoms. The molecule has 2 aromatic heterocycles. The summed E-state index contributed by atoms with van der Waals surface area (Å²) in [6.45, 7) is 4.55. The summed E-state index contributed by atoms with van der Waals surface area (Å²) in [5.41, 5.74) is 3.73. The Bertz CT molecular complexity index is 1170. The van der Waals surface area contributed by atoms with Gasteiger partial charge in [0.1, 0.15) is 12.4 Å². The van der Waals surface area contributed by atoms with Crippen molar-refractivity contribution in [1.29, 1.82) is 0 Å². The summed E-state index contributed by atoms with van der Waals surface area (Å²) in [7, 11) is 0. The first-order valence-corrected chi connectivity index (χ1v) is 9.97. The molecule has 0 saturated carbocycles. The molecule has 0 radical (unpaired) electrons. The SMILES string of the molecule is Cc1cc(C)cc(OCC(=O)NCCOc2ccc3nnc(-c4ccccc4)n3n2)c1. The quantitative estimate of drug-likeness (QED) is 0.443. The molecule has 0 unspecified atom stereocenters. The molecule has 2 heterocycles. The predicted octanol–water partition coefficient (Wildman–Crippen LogP) is 2.98. The third-order valence-electron chi connectivity index (χ3n) is 4.51. The van der Waals surface area contributed by atoms with Gasteiger partial charge >= 0.3 is 0 Å². The number of carbonyl (C=O) groups is 1. The van der Waals surface area contributed by atoms with Crippen LogP contribution in [0.4, 0.5) is 0 Å². The highest BCUT2D eigenvalue weighted by molar-refractivity contribution is 5.77. The van der Waals surface area contributed by atoms with Crippen LogP contribution in [0.2, 0.25) is 0 Å². The number of carbonyl (C=O) groups excluding carboxylic acids is 1. The van der Waals surface area contributed by atoms with E-state index in [1.54, 1.807) is 16.6 Å². The van der Waals surface area contributed by atoms with E-state index in [0.717, 1.165) is 16.7 Å². The lowest BCUT2D eigenvalue weighted by atomic mass is 10.1. The summed E-state index contributed by atoms with van der Waals surface area (Å²) >= 11 is 0. The molecule has 0 bridgehead atoms. The minimum atomic E-state index is -0.212. The molecule has 1 N–H and O–H groups in total. The monoisotopic (exact) mass is 417 g/mol. The third kappa shape index (κ3) is 5.16. The van der Waals surface area contributed by atoms with E-state index in [9.17, 15) is 4.79 Å². The second kappa shape index (κ2) is 9.25. The largest absolute Gasteiger partial charge is 0.484 e. The molecule has 0 fully saturated rings. The van der Waals surface area contributed by atoms with Crippen molar-refractivity contribution < 1.29 is 14.3 Å². The minimum absolute atomic E-state index is 0.0474. The van der Waals surface area contributed by atoms with E-state index in [0.29, 0.717) is 29.6 Å². The topological polar surface area (TPSA) is 90.6 Å². The molecule has 0 spiro atoms. The molecule has 1 amide bonds. The first-order chi connectivity index (χ1) is 15.1. The molecular formula is C23H23N5O3. The van der Waals surface area contributed by atoms with Gasteiger partial charge in [-0.3, -0.25) is 4.79 Å². The van der Waals surface area contributed by atoms with Crippen molar-refractivity contribution in [2.24, 2.45) is 0 Å². The van der Waals surface area contributed by atoms with Gasteiger partial charge in [0.2, 0.25) is 5.88 Å². The van der Waals surface area contributed by atoms with Crippen LogP contribution in [0.3, 0.4) is 0 Å². The second-order valence-corrected chi connectivity index (χ2v) is 7.14. The summed E-state index contributed by atoms with van der Waals surface area (Å²) in [5, 5.41) is 15.6. The standard InChI is InChI=1S/C23H23N5O3/c1-16-12-17(2)14-19(13-16)31-15-21(29)24-10-11-30-22-9-8-20-25-26-23(28(20)27-22)18-6-4-3-5-7-18/h3-9,12-14H,10-11,15H2,1-2H3,(H,24,29). The molecule has 8 nitrogen and oxygen atoms in total. The van der Waals surface area contributed by atoms with Crippen molar-refractivity contribution in [2.45, 2.75) is 13.8 Å². The first-order valence-electron chi connectivity index (χ1n) is 9.97. The lowest BCUT2D eigenvalue weighted by Gasteiger charge is -2.10. The van der Waals surface area contributed by atoms with Crippen LogP contribution in [-0.2, 0) is 4.79 Å². The maximum atomic E-state index is 12.0. The maximum Gasteiger partial charge on any atom is 0.258 e. The van der Waals surface area contributed by atoms with Crippen molar-refractivity contribution >= 4 is 11.6 Å². The van der Waals surface area contributed by atoms with Gasteiger partial charge < -0.3 is 14.8 Å². The lowest BCUT2D eigenvalue weighted by Crippen LogP contribution is -2.32. The molecule has 4 rings (SSSR count). The van der Waals surface area contributed by atoms with Gasteiger partial charge in [0.25, 0.3) is 5.91 Å². The van der Waals surface area contributed by atoms with Gasteiger partial charge in [-0.1, -0.05) is 36.4 Å². The number of hydrogen-bond acceptors (Lipinski definition) is 6. The van der Waals surface area contributed by atoms with E-state index in [-0.39, 0.29) is 19.1 Å². The summed E-state index contributed by atoms with van der Waals surface area (Å²) in [6, 6.07) is 19.1. The molecule has 0 aliphatic rings. The predicted molar refractivity (Wildman–Crippen MR) is 116 cm³/mol. The van der Waals surface area contributed by atoms with Gasteiger partial charge in [0.15, 0.2) is 18.1 Å². The third-order valence-corrected chi connectivity index (χ3v) is 4.51. The number of nitrogens with zero attached hydrogens (tertiary/aromatic N) is 4. The average molecular weight is 417 g/mol. The molecule has 2 aromatic carbocycles. The fourth-order valence-electron chi connectivity index (χ4n) is 3.18.